The summed E-state index contributed by atoms with van der Waals surface area (Å²) in [6.45, 7) is 2.90. The average molecular weight is 508 g/mol. The predicted molar refractivity (Wildman–Crippen MR) is 142 cm³/mol. The van der Waals surface area contributed by atoms with Crippen molar-refractivity contribution >= 4 is 7.82 Å². The lowest BCUT2D eigenvalue weighted by molar-refractivity contribution is -0.870. The summed E-state index contributed by atoms with van der Waals surface area (Å²) >= 11 is 0. The fourth-order valence-electron chi connectivity index (χ4n) is 4.05. The maximum Gasteiger partial charge on any atom is 0.268 e. The number of phosphoric acid groups is 1. The van der Waals surface area contributed by atoms with E-state index in [0.29, 0.717) is 11.0 Å². The lowest BCUT2D eigenvalue weighted by atomic mass is 10.0. The molecular formula is C27H58NO5P. The van der Waals surface area contributed by atoms with Crippen LogP contribution in [0.2, 0.25) is 0 Å². The van der Waals surface area contributed by atoms with E-state index in [-0.39, 0.29) is 25.7 Å². The van der Waals surface area contributed by atoms with Gasteiger partial charge in [0.1, 0.15) is 13.2 Å². The Morgan fingerprint density at radius 2 is 1.15 bits per heavy atom. The molecule has 0 saturated heterocycles. The van der Waals surface area contributed by atoms with Gasteiger partial charge in [-0.2, -0.15) is 0 Å². The fraction of sp³-hybridized carbons (Fsp3) is 1.00. The van der Waals surface area contributed by atoms with Crippen molar-refractivity contribution in [2.24, 2.45) is 5.92 Å². The molecule has 0 aromatic heterocycles. The summed E-state index contributed by atoms with van der Waals surface area (Å²) in [6.07, 6.45) is 23.5. The number of aliphatic hydroxyl groups excluding tert-OH is 1. The molecule has 0 heterocycles. The highest BCUT2D eigenvalue weighted by Crippen LogP contribution is 2.38. The van der Waals surface area contributed by atoms with Crippen molar-refractivity contribution in [3.63, 3.8) is 0 Å². The quantitative estimate of drug-likeness (QED) is 0.0787. The zero-order valence-electron chi connectivity index (χ0n) is 23.1. The van der Waals surface area contributed by atoms with Gasteiger partial charge in [0.05, 0.1) is 27.7 Å². The van der Waals surface area contributed by atoms with Gasteiger partial charge in [-0.05, 0) is 6.42 Å². The Hall–Kier alpha value is 0.0300. The molecule has 0 aromatic rings. The summed E-state index contributed by atoms with van der Waals surface area (Å²) in [5, 5.41) is 9.53. The van der Waals surface area contributed by atoms with Crippen LogP contribution in [0.25, 0.3) is 0 Å². The number of rotatable bonds is 26. The molecule has 0 aliphatic heterocycles. The second kappa shape index (κ2) is 22.2. The van der Waals surface area contributed by atoms with Gasteiger partial charge in [-0.15, -0.1) is 0 Å². The molecule has 34 heavy (non-hydrogen) atoms. The number of likely N-dealkylation sites (N-methyl/N-ethyl adjacent to an activating group) is 1. The number of hydrogen-bond donors (Lipinski definition) is 1. The third kappa shape index (κ3) is 25.1. The Balaban J connectivity index is 3.51. The van der Waals surface area contributed by atoms with Crippen LogP contribution < -0.4 is 4.89 Å². The summed E-state index contributed by atoms with van der Waals surface area (Å²) in [6, 6.07) is 0. The van der Waals surface area contributed by atoms with Gasteiger partial charge in [0, 0.05) is 12.5 Å². The van der Waals surface area contributed by atoms with Crippen molar-refractivity contribution in [2.75, 3.05) is 47.5 Å². The lowest BCUT2D eigenvalue weighted by Crippen LogP contribution is -2.37. The number of unbranched alkanes of at least 4 members (excludes halogenated alkanes) is 16. The largest absolute Gasteiger partial charge is 0.756 e. The van der Waals surface area contributed by atoms with Gasteiger partial charge < -0.3 is 23.5 Å². The van der Waals surface area contributed by atoms with Crippen LogP contribution in [0.3, 0.4) is 0 Å². The molecule has 2 atom stereocenters. The Morgan fingerprint density at radius 3 is 1.53 bits per heavy atom. The lowest BCUT2D eigenvalue weighted by Gasteiger charge is -2.28. The van der Waals surface area contributed by atoms with Crippen LogP contribution in [0, 0.1) is 5.92 Å². The van der Waals surface area contributed by atoms with Gasteiger partial charge in [-0.25, -0.2) is 0 Å². The van der Waals surface area contributed by atoms with Gasteiger partial charge in [0.15, 0.2) is 0 Å². The molecule has 0 aromatic carbocycles. The molecule has 0 aliphatic carbocycles. The maximum absolute atomic E-state index is 11.9. The van der Waals surface area contributed by atoms with Crippen molar-refractivity contribution < 1.29 is 28.1 Å². The van der Waals surface area contributed by atoms with Crippen molar-refractivity contribution in [3.8, 4) is 0 Å². The first-order valence-electron chi connectivity index (χ1n) is 14.2. The Labute approximate surface area is 212 Å². The molecule has 0 amide bonds. The van der Waals surface area contributed by atoms with Crippen LogP contribution in [0.4, 0.5) is 0 Å². The minimum Gasteiger partial charge on any atom is -0.756 e. The first-order chi connectivity index (χ1) is 16.2. The van der Waals surface area contributed by atoms with Crippen LogP contribution >= 0.6 is 7.82 Å². The third-order valence-electron chi connectivity index (χ3n) is 6.45. The van der Waals surface area contributed by atoms with E-state index in [2.05, 4.69) is 6.92 Å². The predicted octanol–water partition coefficient (Wildman–Crippen LogP) is 6.84. The standard InChI is InChI=1S/C27H58NO5P/c1-5-6-7-8-9-10-11-12-13-14-15-16-17-18-19-20-21-22-27(25-29)26-33-34(30,31)32-24-23-28(2,3)4/h27,29H,5-26H2,1-4H3. The van der Waals surface area contributed by atoms with Crippen molar-refractivity contribution in [3.05, 3.63) is 0 Å². The minimum absolute atomic E-state index is 0.000506. The molecule has 0 spiro atoms. The van der Waals surface area contributed by atoms with Crippen LogP contribution in [0.15, 0.2) is 0 Å². The van der Waals surface area contributed by atoms with Crippen molar-refractivity contribution in [2.45, 2.75) is 122 Å². The fourth-order valence-corrected chi connectivity index (χ4v) is 4.82. The zero-order valence-corrected chi connectivity index (χ0v) is 24.0. The first kappa shape index (κ1) is 34.0. The van der Waals surface area contributed by atoms with Gasteiger partial charge in [-0.1, -0.05) is 116 Å². The summed E-state index contributed by atoms with van der Waals surface area (Å²) in [5.41, 5.74) is 0. The van der Waals surface area contributed by atoms with E-state index in [0.717, 1.165) is 19.3 Å². The third-order valence-corrected chi connectivity index (χ3v) is 7.42. The topological polar surface area (TPSA) is 78.8 Å². The molecule has 0 bridgehead atoms. The molecule has 7 heteroatoms. The second-order valence-corrected chi connectivity index (χ2v) is 12.5. The van der Waals surface area contributed by atoms with E-state index in [4.69, 9.17) is 9.05 Å². The van der Waals surface area contributed by atoms with Crippen LogP contribution in [0.1, 0.15) is 122 Å². The van der Waals surface area contributed by atoms with E-state index in [1.165, 1.54) is 96.3 Å². The number of nitrogens with zero attached hydrogens (tertiary/aromatic N) is 1. The number of phosphoric ester groups is 1. The van der Waals surface area contributed by atoms with Crippen LogP contribution in [-0.2, 0) is 13.6 Å². The maximum atomic E-state index is 11.9. The van der Waals surface area contributed by atoms with Gasteiger partial charge in [0.25, 0.3) is 7.82 Å². The minimum atomic E-state index is -4.29. The molecule has 0 radical (unpaired) electrons. The molecule has 0 aliphatic rings. The molecule has 2 unspecified atom stereocenters. The van der Waals surface area contributed by atoms with E-state index in [1.54, 1.807) is 0 Å². The summed E-state index contributed by atoms with van der Waals surface area (Å²) < 4.78 is 22.4. The molecular weight excluding hydrogens is 449 g/mol. The summed E-state index contributed by atoms with van der Waals surface area (Å²) in [4.78, 5) is 11.9. The van der Waals surface area contributed by atoms with E-state index in [1.807, 2.05) is 21.1 Å². The summed E-state index contributed by atoms with van der Waals surface area (Å²) in [5.74, 6) is -0.152. The van der Waals surface area contributed by atoms with Crippen molar-refractivity contribution in [1.82, 2.24) is 0 Å². The SMILES string of the molecule is CCCCCCCCCCCCCCCCCCCC(CO)COP(=O)([O-])OCC[N+](C)(C)C. The van der Waals surface area contributed by atoms with Crippen molar-refractivity contribution in [1.29, 1.82) is 0 Å². The van der Waals surface area contributed by atoms with Crippen LogP contribution in [0.5, 0.6) is 0 Å². The Morgan fingerprint density at radius 1 is 0.735 bits per heavy atom. The van der Waals surface area contributed by atoms with E-state index < -0.39 is 7.82 Å². The molecule has 0 rings (SSSR count). The number of hydrogen-bond acceptors (Lipinski definition) is 5. The number of quaternary nitrogens is 1. The van der Waals surface area contributed by atoms with Crippen LogP contribution in [-0.4, -0.2) is 57.1 Å². The Bertz CT molecular complexity index is 484. The highest BCUT2D eigenvalue weighted by atomic mass is 31.2. The monoisotopic (exact) mass is 507 g/mol. The van der Waals surface area contributed by atoms with Gasteiger partial charge in [0.2, 0.25) is 0 Å². The van der Waals surface area contributed by atoms with E-state index >= 15 is 0 Å². The summed E-state index contributed by atoms with van der Waals surface area (Å²) in [7, 11) is 1.62. The smallest absolute Gasteiger partial charge is 0.268 e. The van der Waals surface area contributed by atoms with E-state index in [9.17, 15) is 14.6 Å². The first-order valence-corrected chi connectivity index (χ1v) is 15.7. The van der Waals surface area contributed by atoms with Gasteiger partial charge >= 0.3 is 0 Å². The normalized spacial score (nSPS) is 14.9. The second-order valence-electron chi connectivity index (χ2n) is 11.1. The zero-order chi connectivity index (χ0) is 25.5. The molecule has 0 saturated carbocycles. The molecule has 206 valence electrons. The highest BCUT2D eigenvalue weighted by Gasteiger charge is 2.16. The molecule has 6 nitrogen and oxygen atoms in total. The molecule has 0 fully saturated rings. The highest BCUT2D eigenvalue weighted by molar-refractivity contribution is 7.45. The van der Waals surface area contributed by atoms with Gasteiger partial charge in [-0.3, -0.25) is 4.57 Å². The molecule has 1 N–H and O–H groups in total. The average Bonchev–Trinajstić information content (AvgIpc) is 2.76. The number of aliphatic hydroxyl groups is 1. The Kier molecular flexibility index (Phi) is 22.3.